The van der Waals surface area contributed by atoms with E-state index in [4.69, 9.17) is 16.3 Å². The summed E-state index contributed by atoms with van der Waals surface area (Å²) in [5.74, 6) is -0.0169. The van der Waals surface area contributed by atoms with Gasteiger partial charge in [-0.2, -0.15) is 0 Å². The van der Waals surface area contributed by atoms with Gasteiger partial charge in [-0.25, -0.2) is 0 Å². The van der Waals surface area contributed by atoms with Crippen molar-refractivity contribution in [3.63, 3.8) is 0 Å². The third kappa shape index (κ3) is 5.73. The second-order valence-electron chi connectivity index (χ2n) is 8.33. The highest BCUT2D eigenvalue weighted by Crippen LogP contribution is 2.34. The number of H-pyrrole nitrogens is 1. The van der Waals surface area contributed by atoms with Crippen LogP contribution in [0.25, 0.3) is 10.9 Å². The van der Waals surface area contributed by atoms with Crippen LogP contribution in [0.4, 0.5) is 0 Å². The van der Waals surface area contributed by atoms with E-state index in [2.05, 4.69) is 15.1 Å². The number of hydrogen-bond donors (Lipinski definition) is 2. The largest absolute Gasteiger partial charge is 0.496 e. The van der Waals surface area contributed by atoms with Gasteiger partial charge in [0.25, 0.3) is 11.0 Å². The summed E-state index contributed by atoms with van der Waals surface area (Å²) in [5, 5.41) is 13.6. The molecule has 10 heteroatoms. The molecular weight excluding hydrogens is 498 g/mol. The highest BCUT2D eigenvalue weighted by atomic mass is 35.5. The third-order valence-corrected chi connectivity index (χ3v) is 6.26. The fourth-order valence-electron chi connectivity index (χ4n) is 4.20. The van der Waals surface area contributed by atoms with Gasteiger partial charge in [0, 0.05) is 39.3 Å². The average molecular weight is 522 g/mol. The zero-order chi connectivity index (χ0) is 26.5. The summed E-state index contributed by atoms with van der Waals surface area (Å²) in [7, 11) is 1.52. The molecule has 1 aromatic heterocycles. The Morgan fingerprint density at radius 2 is 1.70 bits per heavy atom. The number of carbonyl (C=O) groups is 2. The highest BCUT2D eigenvalue weighted by molar-refractivity contribution is 6.30. The van der Waals surface area contributed by atoms with Crippen LogP contribution in [0, 0.1) is 17.0 Å². The molecule has 0 saturated heterocycles. The molecule has 1 amide bonds. The van der Waals surface area contributed by atoms with E-state index in [1.807, 2.05) is 13.0 Å². The number of rotatable bonds is 10. The van der Waals surface area contributed by atoms with E-state index in [0.29, 0.717) is 46.0 Å². The van der Waals surface area contributed by atoms with Crippen molar-refractivity contribution in [2.24, 2.45) is 0 Å². The molecule has 3 aromatic carbocycles. The zero-order valence-electron chi connectivity index (χ0n) is 20.2. The fraction of sp³-hybridized carbons (Fsp3) is 0.185. The Labute approximate surface area is 217 Å². The number of carbonyl (C=O) groups excluding carboxylic acids is 2. The molecule has 1 heterocycles. The number of nitrogens with zero attached hydrogens (tertiary/aromatic N) is 1. The molecule has 0 fully saturated rings. The molecule has 9 nitrogen and oxygen atoms in total. The van der Waals surface area contributed by atoms with E-state index < -0.39 is 5.09 Å². The summed E-state index contributed by atoms with van der Waals surface area (Å²) in [5.41, 5.74) is 4.51. The maximum Gasteiger partial charge on any atom is 0.294 e. The summed E-state index contributed by atoms with van der Waals surface area (Å²) in [6, 6.07) is 16.7. The molecule has 0 unspecified atom stereocenters. The van der Waals surface area contributed by atoms with Crippen molar-refractivity contribution in [2.75, 3.05) is 13.7 Å². The summed E-state index contributed by atoms with van der Waals surface area (Å²) in [6.45, 7) is 2.06. The van der Waals surface area contributed by atoms with E-state index in [0.717, 1.165) is 22.2 Å². The first-order valence-corrected chi connectivity index (χ1v) is 11.8. The smallest absolute Gasteiger partial charge is 0.294 e. The van der Waals surface area contributed by atoms with E-state index in [1.165, 1.54) is 7.11 Å². The molecule has 0 aliphatic heterocycles. The van der Waals surface area contributed by atoms with Gasteiger partial charge in [-0.1, -0.05) is 23.7 Å². The van der Waals surface area contributed by atoms with Crippen LogP contribution in [-0.4, -0.2) is 35.4 Å². The second kappa shape index (κ2) is 11.1. The fourth-order valence-corrected chi connectivity index (χ4v) is 4.33. The van der Waals surface area contributed by atoms with Gasteiger partial charge in [-0.3, -0.25) is 9.59 Å². The highest BCUT2D eigenvalue weighted by Gasteiger charge is 2.23. The van der Waals surface area contributed by atoms with Gasteiger partial charge in [0.2, 0.25) is 0 Å². The lowest BCUT2D eigenvalue weighted by atomic mass is 9.95. The third-order valence-electron chi connectivity index (χ3n) is 6.01. The van der Waals surface area contributed by atoms with E-state index in [1.54, 1.807) is 54.6 Å². The number of fused-ring (bicyclic) bond motifs is 1. The average Bonchev–Trinajstić information content (AvgIpc) is 3.22. The molecule has 4 rings (SSSR count). The lowest BCUT2D eigenvalue weighted by Crippen LogP contribution is -2.25. The lowest BCUT2D eigenvalue weighted by molar-refractivity contribution is -0.763. The molecule has 0 bridgehead atoms. The number of aromatic nitrogens is 1. The molecule has 0 spiro atoms. The molecular formula is C27H24ClN3O6. The second-order valence-corrected chi connectivity index (χ2v) is 8.77. The van der Waals surface area contributed by atoms with Gasteiger partial charge >= 0.3 is 0 Å². The number of halogens is 1. The number of aromatic amines is 1. The molecule has 37 heavy (non-hydrogen) atoms. The minimum absolute atomic E-state index is 0.185. The molecule has 0 aliphatic carbocycles. The predicted octanol–water partition coefficient (Wildman–Crippen LogP) is 5.05. The molecule has 4 aromatic rings. The van der Waals surface area contributed by atoms with E-state index >= 15 is 0 Å². The number of ether oxygens (including phenoxy) is 1. The number of benzene rings is 3. The quantitative estimate of drug-likeness (QED) is 0.171. The van der Waals surface area contributed by atoms with Crippen LogP contribution in [-0.2, 0) is 17.9 Å². The molecule has 0 aliphatic rings. The van der Waals surface area contributed by atoms with Crippen molar-refractivity contribution in [3.05, 3.63) is 109 Å². The molecule has 0 atom stereocenters. The van der Waals surface area contributed by atoms with Crippen molar-refractivity contribution in [3.8, 4) is 5.75 Å². The summed E-state index contributed by atoms with van der Waals surface area (Å²) in [6.07, 6.45) is 0.473. The Morgan fingerprint density at radius 3 is 2.35 bits per heavy atom. The summed E-state index contributed by atoms with van der Waals surface area (Å²) in [4.78, 5) is 44.2. The minimum Gasteiger partial charge on any atom is -0.496 e. The van der Waals surface area contributed by atoms with Gasteiger partial charge < -0.3 is 19.9 Å². The Bertz CT molecular complexity index is 1460. The monoisotopic (exact) mass is 521 g/mol. The van der Waals surface area contributed by atoms with Gasteiger partial charge in [-0.15, -0.1) is 10.1 Å². The van der Waals surface area contributed by atoms with Crippen LogP contribution in [0.2, 0.25) is 5.02 Å². The lowest BCUT2D eigenvalue weighted by Gasteiger charge is -2.12. The van der Waals surface area contributed by atoms with Crippen molar-refractivity contribution in [1.29, 1.82) is 0 Å². The van der Waals surface area contributed by atoms with Crippen molar-refractivity contribution in [1.82, 2.24) is 10.3 Å². The Kier molecular flexibility index (Phi) is 7.74. The van der Waals surface area contributed by atoms with Crippen molar-refractivity contribution >= 4 is 34.2 Å². The number of methoxy groups -OCH3 is 1. The van der Waals surface area contributed by atoms with Crippen LogP contribution in [0.5, 0.6) is 5.75 Å². The van der Waals surface area contributed by atoms with Crippen LogP contribution >= 0.6 is 11.6 Å². The van der Waals surface area contributed by atoms with Gasteiger partial charge in [0.15, 0.2) is 5.78 Å². The first-order chi connectivity index (χ1) is 17.8. The summed E-state index contributed by atoms with van der Waals surface area (Å²) >= 11 is 6.00. The maximum absolute atomic E-state index is 13.5. The number of hydrogen-bond acceptors (Lipinski definition) is 6. The normalized spacial score (nSPS) is 10.8. The number of ketones is 1. The van der Waals surface area contributed by atoms with Gasteiger partial charge in [-0.05, 0) is 73.0 Å². The molecule has 190 valence electrons. The van der Waals surface area contributed by atoms with Crippen molar-refractivity contribution in [2.45, 2.75) is 20.0 Å². The Morgan fingerprint density at radius 1 is 1.03 bits per heavy atom. The first-order valence-electron chi connectivity index (χ1n) is 11.4. The zero-order valence-corrected chi connectivity index (χ0v) is 20.9. The number of aryl methyl sites for hydroxylation is 1. The molecule has 2 N–H and O–H groups in total. The van der Waals surface area contributed by atoms with E-state index in [9.17, 15) is 19.7 Å². The Hall–Kier alpha value is -4.37. The number of amides is 1. The number of nitrogens with one attached hydrogen (secondary N) is 2. The predicted molar refractivity (Wildman–Crippen MR) is 139 cm³/mol. The van der Waals surface area contributed by atoms with Crippen LogP contribution in [0.3, 0.4) is 0 Å². The van der Waals surface area contributed by atoms with Crippen LogP contribution in [0.1, 0.15) is 43.1 Å². The standard InChI is InChI=1S/C27H24ClN3O6/c1-16-21(13-14-29-27(33)19-5-3-17(4-6-19)15-37-31(34)35)24-22(30-16)11-12-23(36-2)25(24)26(32)18-7-9-20(28)10-8-18/h3-12,30H,13-15H2,1-2H3,(H,29,33). The van der Waals surface area contributed by atoms with Crippen molar-refractivity contribution < 1.29 is 24.3 Å². The van der Waals surface area contributed by atoms with Gasteiger partial charge in [0.05, 0.1) is 12.7 Å². The van der Waals surface area contributed by atoms with Crippen LogP contribution in [0.15, 0.2) is 60.7 Å². The Balaban J connectivity index is 1.55. The van der Waals surface area contributed by atoms with Gasteiger partial charge in [0.1, 0.15) is 12.4 Å². The molecule has 0 saturated carbocycles. The summed E-state index contributed by atoms with van der Waals surface area (Å²) < 4.78 is 5.55. The maximum atomic E-state index is 13.5. The minimum atomic E-state index is -0.864. The SMILES string of the molecule is COc1ccc2[nH]c(C)c(CCNC(=O)c3ccc(CO[N+](=O)[O-])cc3)c2c1C(=O)c1ccc(Cl)cc1. The topological polar surface area (TPSA) is 124 Å². The van der Waals surface area contributed by atoms with Crippen LogP contribution < -0.4 is 10.1 Å². The van der Waals surface area contributed by atoms with E-state index in [-0.39, 0.29) is 18.3 Å². The first kappa shape index (κ1) is 25.7. The molecule has 0 radical (unpaired) electrons.